The number of aromatic nitrogens is 2. The first-order chi connectivity index (χ1) is 9.86. The highest BCUT2D eigenvalue weighted by Gasteiger charge is 2.13. The Labute approximate surface area is 118 Å². The topological polar surface area (TPSA) is 59.1 Å². The normalized spacial score (nSPS) is 13.7. The van der Waals surface area contributed by atoms with Crippen LogP contribution in [0.15, 0.2) is 30.5 Å². The summed E-state index contributed by atoms with van der Waals surface area (Å²) < 4.78 is 5.40. The maximum atomic E-state index is 5.40. The van der Waals surface area contributed by atoms with E-state index in [1.807, 2.05) is 6.92 Å². The second-order valence-electron chi connectivity index (χ2n) is 4.65. The molecule has 3 rings (SSSR count). The van der Waals surface area contributed by atoms with Gasteiger partial charge in [0.15, 0.2) is 0 Å². The summed E-state index contributed by atoms with van der Waals surface area (Å²) in [6.45, 7) is 4.47. The molecule has 2 N–H and O–H groups in total. The fourth-order valence-electron chi connectivity index (χ4n) is 2.40. The van der Waals surface area contributed by atoms with Gasteiger partial charge in [0.25, 0.3) is 0 Å². The number of benzene rings is 1. The van der Waals surface area contributed by atoms with Gasteiger partial charge in [-0.2, -0.15) is 4.98 Å². The fraction of sp³-hybridized carbons (Fsp3) is 0.333. The Kier molecular flexibility index (Phi) is 3.78. The zero-order chi connectivity index (χ0) is 13.8. The molecule has 1 aromatic heterocycles. The fourth-order valence-corrected chi connectivity index (χ4v) is 2.40. The lowest BCUT2D eigenvalue weighted by atomic mass is 9.99. The molecule has 104 valence electrons. The average Bonchev–Trinajstić information content (AvgIpc) is 2.48. The number of fused-ring (bicyclic) bond motifs is 1. The SMILES string of the molecule is CCOc1ccnc(Nc2cccc3c2CCNC3)n1. The van der Waals surface area contributed by atoms with Crippen molar-refractivity contribution in [2.24, 2.45) is 0 Å². The molecule has 5 heteroatoms. The minimum absolute atomic E-state index is 0.572. The maximum absolute atomic E-state index is 5.40. The molecule has 0 saturated heterocycles. The van der Waals surface area contributed by atoms with Gasteiger partial charge >= 0.3 is 0 Å². The molecular formula is C15H18N4O. The third kappa shape index (κ3) is 2.72. The summed E-state index contributed by atoms with van der Waals surface area (Å²) in [6.07, 6.45) is 2.72. The number of hydrogen-bond acceptors (Lipinski definition) is 5. The molecule has 2 aromatic rings. The summed E-state index contributed by atoms with van der Waals surface area (Å²) >= 11 is 0. The van der Waals surface area contributed by atoms with Gasteiger partial charge in [0.1, 0.15) is 0 Å². The third-order valence-electron chi connectivity index (χ3n) is 3.31. The van der Waals surface area contributed by atoms with Crippen LogP contribution in [0.3, 0.4) is 0 Å². The van der Waals surface area contributed by atoms with E-state index < -0.39 is 0 Å². The quantitative estimate of drug-likeness (QED) is 0.892. The van der Waals surface area contributed by atoms with Gasteiger partial charge in [-0.3, -0.25) is 0 Å². The molecule has 1 aromatic carbocycles. The largest absolute Gasteiger partial charge is 0.478 e. The lowest BCUT2D eigenvalue weighted by Crippen LogP contribution is -2.24. The maximum Gasteiger partial charge on any atom is 0.230 e. The first-order valence-corrected chi connectivity index (χ1v) is 6.91. The molecule has 0 aliphatic carbocycles. The van der Waals surface area contributed by atoms with Crippen molar-refractivity contribution in [1.82, 2.24) is 15.3 Å². The van der Waals surface area contributed by atoms with Crippen LogP contribution in [0.25, 0.3) is 0 Å². The number of anilines is 2. The lowest BCUT2D eigenvalue weighted by Gasteiger charge is -2.20. The second-order valence-corrected chi connectivity index (χ2v) is 4.65. The van der Waals surface area contributed by atoms with Crippen LogP contribution in [0.5, 0.6) is 5.88 Å². The summed E-state index contributed by atoms with van der Waals surface area (Å²) in [5.41, 5.74) is 3.76. The zero-order valence-corrected chi connectivity index (χ0v) is 11.5. The van der Waals surface area contributed by atoms with Gasteiger partial charge in [-0.15, -0.1) is 0 Å². The molecule has 5 nitrogen and oxygen atoms in total. The first-order valence-electron chi connectivity index (χ1n) is 6.91. The van der Waals surface area contributed by atoms with Crippen LogP contribution in [0, 0.1) is 0 Å². The molecular weight excluding hydrogens is 252 g/mol. The van der Waals surface area contributed by atoms with Gasteiger partial charge in [0.05, 0.1) is 6.61 Å². The van der Waals surface area contributed by atoms with E-state index in [0.29, 0.717) is 18.4 Å². The predicted octanol–water partition coefficient (Wildman–Crippen LogP) is 2.26. The zero-order valence-electron chi connectivity index (χ0n) is 11.5. The van der Waals surface area contributed by atoms with Crippen LogP contribution in [-0.4, -0.2) is 23.1 Å². The Hall–Kier alpha value is -2.14. The van der Waals surface area contributed by atoms with Gasteiger partial charge in [0.2, 0.25) is 11.8 Å². The Morgan fingerprint density at radius 1 is 1.35 bits per heavy atom. The van der Waals surface area contributed by atoms with Crippen LogP contribution >= 0.6 is 0 Å². The molecule has 1 aliphatic heterocycles. The predicted molar refractivity (Wildman–Crippen MR) is 78.3 cm³/mol. The van der Waals surface area contributed by atoms with E-state index in [-0.39, 0.29) is 0 Å². The van der Waals surface area contributed by atoms with Crippen LogP contribution in [0.2, 0.25) is 0 Å². The van der Waals surface area contributed by atoms with E-state index in [0.717, 1.165) is 25.2 Å². The van der Waals surface area contributed by atoms with Gasteiger partial charge in [-0.25, -0.2) is 4.98 Å². The average molecular weight is 270 g/mol. The highest BCUT2D eigenvalue weighted by Crippen LogP contribution is 2.25. The minimum atomic E-state index is 0.572. The van der Waals surface area contributed by atoms with Crippen LogP contribution in [-0.2, 0) is 13.0 Å². The standard InChI is InChI=1S/C15H18N4O/c1-2-20-14-7-9-17-15(19-14)18-13-5-3-4-11-10-16-8-6-12(11)13/h3-5,7,9,16H,2,6,8,10H2,1H3,(H,17,18,19). The van der Waals surface area contributed by atoms with Crippen molar-refractivity contribution < 1.29 is 4.74 Å². The van der Waals surface area contributed by atoms with Crippen LogP contribution in [0.4, 0.5) is 11.6 Å². The molecule has 0 atom stereocenters. The second kappa shape index (κ2) is 5.88. The Morgan fingerprint density at radius 2 is 2.30 bits per heavy atom. The van der Waals surface area contributed by atoms with E-state index in [9.17, 15) is 0 Å². The van der Waals surface area contributed by atoms with E-state index in [1.165, 1.54) is 11.1 Å². The van der Waals surface area contributed by atoms with Crippen molar-refractivity contribution in [2.75, 3.05) is 18.5 Å². The summed E-state index contributed by atoms with van der Waals surface area (Å²) in [6, 6.07) is 8.05. The first kappa shape index (κ1) is 12.9. The smallest absolute Gasteiger partial charge is 0.230 e. The van der Waals surface area contributed by atoms with Gasteiger partial charge in [-0.05, 0) is 37.1 Å². The van der Waals surface area contributed by atoms with Crippen molar-refractivity contribution in [2.45, 2.75) is 19.9 Å². The van der Waals surface area contributed by atoms with Crippen molar-refractivity contribution in [3.63, 3.8) is 0 Å². The summed E-state index contributed by atoms with van der Waals surface area (Å²) in [5.74, 6) is 1.17. The Morgan fingerprint density at radius 3 is 3.20 bits per heavy atom. The molecule has 0 spiro atoms. The Bertz CT molecular complexity index is 600. The highest BCUT2D eigenvalue weighted by atomic mass is 16.5. The lowest BCUT2D eigenvalue weighted by molar-refractivity contribution is 0.327. The highest BCUT2D eigenvalue weighted by molar-refractivity contribution is 5.61. The van der Waals surface area contributed by atoms with Crippen LogP contribution in [0.1, 0.15) is 18.1 Å². The molecule has 20 heavy (non-hydrogen) atoms. The molecule has 0 unspecified atom stereocenters. The third-order valence-corrected chi connectivity index (χ3v) is 3.31. The van der Waals surface area contributed by atoms with Crippen molar-refractivity contribution in [3.05, 3.63) is 41.6 Å². The number of nitrogens with zero attached hydrogens (tertiary/aromatic N) is 2. The monoisotopic (exact) mass is 270 g/mol. The number of rotatable bonds is 4. The van der Waals surface area contributed by atoms with Gasteiger partial charge < -0.3 is 15.4 Å². The molecule has 0 amide bonds. The summed E-state index contributed by atoms with van der Waals surface area (Å²) in [7, 11) is 0. The van der Waals surface area contributed by atoms with Crippen LogP contribution < -0.4 is 15.4 Å². The van der Waals surface area contributed by atoms with Crippen molar-refractivity contribution in [3.8, 4) is 5.88 Å². The summed E-state index contributed by atoms with van der Waals surface area (Å²) in [5, 5.41) is 6.68. The molecule has 0 radical (unpaired) electrons. The minimum Gasteiger partial charge on any atom is -0.478 e. The van der Waals surface area contributed by atoms with E-state index in [1.54, 1.807) is 12.3 Å². The van der Waals surface area contributed by atoms with Crippen molar-refractivity contribution >= 4 is 11.6 Å². The number of nitrogens with one attached hydrogen (secondary N) is 2. The van der Waals surface area contributed by atoms with E-state index in [2.05, 4.69) is 38.8 Å². The Balaban J connectivity index is 1.86. The van der Waals surface area contributed by atoms with Crippen molar-refractivity contribution in [1.29, 1.82) is 0 Å². The number of hydrogen-bond donors (Lipinski definition) is 2. The molecule has 2 heterocycles. The molecule has 0 fully saturated rings. The molecule has 0 saturated carbocycles. The van der Waals surface area contributed by atoms with Gasteiger partial charge in [-0.1, -0.05) is 12.1 Å². The van der Waals surface area contributed by atoms with E-state index >= 15 is 0 Å². The molecule has 1 aliphatic rings. The number of ether oxygens (including phenoxy) is 1. The van der Waals surface area contributed by atoms with E-state index in [4.69, 9.17) is 4.74 Å². The van der Waals surface area contributed by atoms with Gasteiger partial charge in [0, 0.05) is 24.5 Å². The molecule has 0 bridgehead atoms. The summed E-state index contributed by atoms with van der Waals surface area (Å²) in [4.78, 5) is 8.59.